The molecule has 0 bridgehead atoms. The van der Waals surface area contributed by atoms with Crippen molar-refractivity contribution in [3.63, 3.8) is 0 Å². The molecule has 1 saturated heterocycles. The smallest absolute Gasteiger partial charge is 0.000241 e. The summed E-state index contributed by atoms with van der Waals surface area (Å²) < 4.78 is 0. The molecule has 1 heterocycles. The van der Waals surface area contributed by atoms with E-state index < -0.39 is 0 Å². The summed E-state index contributed by atoms with van der Waals surface area (Å²) in [6, 6.07) is 0. The summed E-state index contributed by atoms with van der Waals surface area (Å²) in [6.07, 6.45) is 5.38. The fraction of sp³-hybridized carbons (Fsp3) is 1.00. The summed E-state index contributed by atoms with van der Waals surface area (Å²) in [5.41, 5.74) is 0.467. The molecule has 90 valence electrons. The van der Waals surface area contributed by atoms with Crippen molar-refractivity contribution in [2.45, 2.75) is 46.5 Å². The molecule has 1 rings (SSSR count). The first-order valence-corrected chi connectivity index (χ1v) is 6.55. The molecule has 1 fully saturated rings. The highest BCUT2D eigenvalue weighted by atomic mass is 14.9. The maximum Gasteiger partial charge on any atom is 0.000241 e. The molecular weight excluding hydrogens is 184 g/mol. The van der Waals surface area contributed by atoms with Crippen LogP contribution in [0.2, 0.25) is 0 Å². The molecule has 1 aliphatic heterocycles. The first-order chi connectivity index (χ1) is 7.14. The van der Waals surface area contributed by atoms with E-state index in [9.17, 15) is 0 Å². The van der Waals surface area contributed by atoms with Crippen molar-refractivity contribution in [1.29, 1.82) is 0 Å². The molecule has 15 heavy (non-hydrogen) atoms. The van der Waals surface area contributed by atoms with E-state index in [1.807, 2.05) is 0 Å². The third-order valence-corrected chi connectivity index (χ3v) is 3.69. The van der Waals surface area contributed by atoms with Gasteiger partial charge in [0.1, 0.15) is 0 Å². The molecule has 0 saturated carbocycles. The summed E-state index contributed by atoms with van der Waals surface area (Å²) >= 11 is 0. The minimum absolute atomic E-state index is 0.467. The Hall–Kier alpha value is -0.0800. The average Bonchev–Trinajstić information content (AvgIpc) is 2.70. The van der Waals surface area contributed by atoms with Crippen LogP contribution in [0.4, 0.5) is 0 Å². The van der Waals surface area contributed by atoms with Crippen molar-refractivity contribution in [2.75, 3.05) is 26.2 Å². The second kappa shape index (κ2) is 6.49. The Kier molecular flexibility index (Phi) is 5.62. The van der Waals surface area contributed by atoms with Gasteiger partial charge in [0.05, 0.1) is 0 Å². The maximum atomic E-state index is 3.58. The minimum Gasteiger partial charge on any atom is -0.316 e. The van der Waals surface area contributed by atoms with Crippen LogP contribution in [0.15, 0.2) is 0 Å². The fourth-order valence-corrected chi connectivity index (χ4v) is 2.03. The molecular formula is C13H28N2. The maximum absolute atomic E-state index is 3.58. The largest absolute Gasteiger partial charge is 0.316 e. The Bertz CT molecular complexity index is 160. The molecule has 0 spiro atoms. The van der Waals surface area contributed by atoms with E-state index >= 15 is 0 Å². The van der Waals surface area contributed by atoms with Gasteiger partial charge in [0, 0.05) is 6.54 Å². The number of rotatable bonds is 7. The van der Waals surface area contributed by atoms with Gasteiger partial charge < -0.3 is 10.6 Å². The van der Waals surface area contributed by atoms with Crippen molar-refractivity contribution in [1.82, 2.24) is 10.6 Å². The number of hydrogen-bond donors (Lipinski definition) is 2. The van der Waals surface area contributed by atoms with Gasteiger partial charge in [-0.2, -0.15) is 0 Å². The van der Waals surface area contributed by atoms with Gasteiger partial charge in [-0.25, -0.2) is 0 Å². The van der Waals surface area contributed by atoms with Gasteiger partial charge in [0.25, 0.3) is 0 Å². The van der Waals surface area contributed by atoms with Crippen LogP contribution in [0.25, 0.3) is 0 Å². The van der Waals surface area contributed by atoms with Crippen molar-refractivity contribution in [2.24, 2.45) is 11.3 Å². The van der Waals surface area contributed by atoms with E-state index in [1.54, 1.807) is 0 Å². The molecule has 2 N–H and O–H groups in total. The minimum atomic E-state index is 0.467. The lowest BCUT2D eigenvalue weighted by Gasteiger charge is -2.23. The lowest BCUT2D eigenvalue weighted by Crippen LogP contribution is -2.29. The van der Waals surface area contributed by atoms with Crippen LogP contribution in [0.3, 0.4) is 0 Å². The molecule has 0 aromatic rings. The van der Waals surface area contributed by atoms with E-state index in [2.05, 4.69) is 31.4 Å². The van der Waals surface area contributed by atoms with Crippen LogP contribution in [-0.4, -0.2) is 26.2 Å². The van der Waals surface area contributed by atoms with Crippen LogP contribution in [-0.2, 0) is 0 Å². The zero-order valence-corrected chi connectivity index (χ0v) is 10.7. The van der Waals surface area contributed by atoms with Gasteiger partial charge in [-0.05, 0) is 56.7 Å². The van der Waals surface area contributed by atoms with Crippen molar-refractivity contribution in [3.8, 4) is 0 Å². The summed E-state index contributed by atoms with van der Waals surface area (Å²) in [5.74, 6) is 0.950. The summed E-state index contributed by atoms with van der Waals surface area (Å²) in [4.78, 5) is 0. The Morgan fingerprint density at radius 3 is 2.80 bits per heavy atom. The Labute approximate surface area is 95.2 Å². The predicted molar refractivity (Wildman–Crippen MR) is 67.2 cm³/mol. The zero-order chi connectivity index (χ0) is 11.1. The molecule has 2 nitrogen and oxygen atoms in total. The van der Waals surface area contributed by atoms with E-state index in [4.69, 9.17) is 0 Å². The standard InChI is InChI=1S/C13H28N2/c1-4-13(2,3)11-15-8-5-6-12-7-9-14-10-12/h12,14-15H,4-11H2,1-3H3. The van der Waals surface area contributed by atoms with E-state index in [1.165, 1.54) is 45.3 Å². The van der Waals surface area contributed by atoms with Crippen molar-refractivity contribution in [3.05, 3.63) is 0 Å². The van der Waals surface area contributed by atoms with Crippen LogP contribution in [0.1, 0.15) is 46.5 Å². The Balaban J connectivity index is 1.92. The summed E-state index contributed by atoms with van der Waals surface area (Å²) in [5, 5.41) is 7.01. The third kappa shape index (κ3) is 5.53. The monoisotopic (exact) mass is 212 g/mol. The highest BCUT2D eigenvalue weighted by Gasteiger charge is 2.15. The van der Waals surface area contributed by atoms with Crippen molar-refractivity contribution >= 4 is 0 Å². The van der Waals surface area contributed by atoms with Crippen molar-refractivity contribution < 1.29 is 0 Å². The predicted octanol–water partition coefficient (Wildman–Crippen LogP) is 2.40. The van der Waals surface area contributed by atoms with Gasteiger partial charge in [-0.1, -0.05) is 20.8 Å². The number of hydrogen-bond acceptors (Lipinski definition) is 2. The topological polar surface area (TPSA) is 24.1 Å². The van der Waals surface area contributed by atoms with Gasteiger partial charge in [0.15, 0.2) is 0 Å². The SMILES string of the molecule is CCC(C)(C)CNCCCC1CCNC1. The molecule has 0 radical (unpaired) electrons. The van der Waals surface area contributed by atoms with E-state index in [0.29, 0.717) is 5.41 Å². The lowest BCUT2D eigenvalue weighted by molar-refractivity contribution is 0.325. The van der Waals surface area contributed by atoms with E-state index in [-0.39, 0.29) is 0 Å². The quantitative estimate of drug-likeness (QED) is 0.633. The van der Waals surface area contributed by atoms with Gasteiger partial charge in [-0.3, -0.25) is 0 Å². The van der Waals surface area contributed by atoms with Gasteiger partial charge in [0.2, 0.25) is 0 Å². The molecule has 0 aromatic heterocycles. The highest BCUT2D eigenvalue weighted by molar-refractivity contribution is 4.72. The zero-order valence-electron chi connectivity index (χ0n) is 10.7. The molecule has 0 aromatic carbocycles. The number of nitrogens with one attached hydrogen (secondary N) is 2. The summed E-state index contributed by atoms with van der Waals surface area (Å²) in [6.45, 7) is 11.8. The molecule has 1 atom stereocenters. The van der Waals surface area contributed by atoms with Gasteiger partial charge >= 0.3 is 0 Å². The molecule has 2 heteroatoms. The first-order valence-electron chi connectivity index (χ1n) is 6.55. The third-order valence-electron chi connectivity index (χ3n) is 3.69. The molecule has 0 aliphatic carbocycles. The normalized spacial score (nSPS) is 22.2. The van der Waals surface area contributed by atoms with E-state index in [0.717, 1.165) is 12.5 Å². The Morgan fingerprint density at radius 1 is 1.40 bits per heavy atom. The Morgan fingerprint density at radius 2 is 2.20 bits per heavy atom. The second-order valence-electron chi connectivity index (χ2n) is 5.70. The van der Waals surface area contributed by atoms with Crippen LogP contribution >= 0.6 is 0 Å². The van der Waals surface area contributed by atoms with Crippen LogP contribution in [0, 0.1) is 11.3 Å². The fourth-order valence-electron chi connectivity index (χ4n) is 2.03. The first kappa shape index (κ1) is 13.0. The molecule has 1 aliphatic rings. The highest BCUT2D eigenvalue weighted by Crippen LogP contribution is 2.18. The molecule has 0 amide bonds. The van der Waals surface area contributed by atoms with Crippen LogP contribution < -0.4 is 10.6 Å². The second-order valence-corrected chi connectivity index (χ2v) is 5.70. The average molecular weight is 212 g/mol. The van der Waals surface area contributed by atoms with Crippen LogP contribution in [0.5, 0.6) is 0 Å². The van der Waals surface area contributed by atoms with Gasteiger partial charge in [-0.15, -0.1) is 0 Å². The molecule has 1 unspecified atom stereocenters. The lowest BCUT2D eigenvalue weighted by atomic mass is 9.90. The summed E-state index contributed by atoms with van der Waals surface area (Å²) in [7, 11) is 0.